The number of imide groups is 1. The van der Waals surface area contributed by atoms with Crippen LogP contribution in [0.25, 0.3) is 0 Å². The van der Waals surface area contributed by atoms with Gasteiger partial charge in [-0.05, 0) is 25.1 Å². The van der Waals surface area contributed by atoms with E-state index in [1.165, 1.54) is 4.90 Å². The Balaban J connectivity index is 1.93. The van der Waals surface area contributed by atoms with Gasteiger partial charge in [0.05, 0.1) is 11.1 Å². The Bertz CT molecular complexity index is 424. The van der Waals surface area contributed by atoms with Crippen LogP contribution in [-0.4, -0.2) is 48.1 Å². The van der Waals surface area contributed by atoms with E-state index >= 15 is 0 Å². The molecule has 5 heteroatoms. The second-order valence-corrected chi connectivity index (χ2v) is 4.13. The van der Waals surface area contributed by atoms with Crippen molar-refractivity contribution in [3.63, 3.8) is 0 Å². The Labute approximate surface area is 105 Å². The van der Waals surface area contributed by atoms with Crippen LogP contribution in [0, 0.1) is 0 Å². The smallest absolute Gasteiger partial charge is 0.261 e. The summed E-state index contributed by atoms with van der Waals surface area (Å²) in [6.07, 6.45) is 0.669. The van der Waals surface area contributed by atoms with Gasteiger partial charge in [-0.1, -0.05) is 12.1 Å². The first kappa shape index (κ1) is 12.7. The van der Waals surface area contributed by atoms with Crippen molar-refractivity contribution in [2.75, 3.05) is 26.2 Å². The zero-order valence-electron chi connectivity index (χ0n) is 10.1. The highest BCUT2D eigenvalue weighted by atomic mass is 16.3. The highest BCUT2D eigenvalue weighted by Gasteiger charge is 2.34. The summed E-state index contributed by atoms with van der Waals surface area (Å²) >= 11 is 0. The van der Waals surface area contributed by atoms with Crippen molar-refractivity contribution in [1.29, 1.82) is 0 Å². The molecule has 0 atom stereocenters. The van der Waals surface area contributed by atoms with E-state index in [4.69, 9.17) is 5.11 Å². The van der Waals surface area contributed by atoms with Gasteiger partial charge in [-0.3, -0.25) is 14.5 Å². The first-order valence-electron chi connectivity index (χ1n) is 6.02. The lowest BCUT2D eigenvalue weighted by molar-refractivity contribution is 0.0655. The summed E-state index contributed by atoms with van der Waals surface area (Å²) in [5.74, 6) is -0.445. The number of carbonyl (C=O) groups is 2. The molecular weight excluding hydrogens is 232 g/mol. The first-order valence-corrected chi connectivity index (χ1v) is 6.02. The summed E-state index contributed by atoms with van der Waals surface area (Å²) < 4.78 is 0. The summed E-state index contributed by atoms with van der Waals surface area (Å²) in [4.78, 5) is 25.2. The van der Waals surface area contributed by atoms with Crippen LogP contribution >= 0.6 is 0 Å². The van der Waals surface area contributed by atoms with Gasteiger partial charge in [0.25, 0.3) is 11.8 Å². The van der Waals surface area contributed by atoms with Gasteiger partial charge in [0, 0.05) is 19.7 Å². The standard InChI is InChI=1S/C13H16N2O3/c16-9-3-6-14-7-8-15-12(17)10-4-1-2-5-11(10)13(15)18/h1-2,4-5,14,16H,3,6-9H2. The maximum atomic E-state index is 12.0. The molecule has 5 nitrogen and oxygen atoms in total. The number of hydrogen-bond donors (Lipinski definition) is 2. The molecule has 0 saturated carbocycles. The van der Waals surface area contributed by atoms with E-state index in [0.717, 1.165) is 0 Å². The van der Waals surface area contributed by atoms with E-state index in [1.807, 2.05) is 0 Å². The predicted octanol–water partition coefficient (Wildman–Crippen LogP) is 0.255. The van der Waals surface area contributed by atoms with Gasteiger partial charge in [-0.15, -0.1) is 0 Å². The quantitative estimate of drug-likeness (QED) is 0.559. The molecule has 2 rings (SSSR count). The van der Waals surface area contributed by atoms with Gasteiger partial charge >= 0.3 is 0 Å². The Morgan fingerprint density at radius 3 is 2.22 bits per heavy atom. The lowest BCUT2D eigenvalue weighted by Crippen LogP contribution is -2.36. The van der Waals surface area contributed by atoms with Gasteiger partial charge in [0.1, 0.15) is 0 Å². The molecule has 0 aromatic heterocycles. The topological polar surface area (TPSA) is 69.6 Å². The molecule has 1 aromatic carbocycles. The molecule has 0 fully saturated rings. The first-order chi connectivity index (χ1) is 8.75. The van der Waals surface area contributed by atoms with Gasteiger partial charge in [0.15, 0.2) is 0 Å². The second-order valence-electron chi connectivity index (χ2n) is 4.13. The van der Waals surface area contributed by atoms with E-state index in [2.05, 4.69) is 5.32 Å². The van der Waals surface area contributed by atoms with Crippen LogP contribution in [0.2, 0.25) is 0 Å². The van der Waals surface area contributed by atoms with Crippen molar-refractivity contribution >= 4 is 11.8 Å². The van der Waals surface area contributed by atoms with E-state index < -0.39 is 0 Å². The Morgan fingerprint density at radius 1 is 1.06 bits per heavy atom. The van der Waals surface area contributed by atoms with Crippen LogP contribution in [0.3, 0.4) is 0 Å². The van der Waals surface area contributed by atoms with Crippen molar-refractivity contribution < 1.29 is 14.7 Å². The molecular formula is C13H16N2O3. The fraction of sp³-hybridized carbons (Fsp3) is 0.385. The number of nitrogens with zero attached hydrogens (tertiary/aromatic N) is 1. The lowest BCUT2D eigenvalue weighted by atomic mass is 10.1. The van der Waals surface area contributed by atoms with Crippen molar-refractivity contribution in [2.24, 2.45) is 0 Å². The normalized spacial score (nSPS) is 14.2. The summed E-state index contributed by atoms with van der Waals surface area (Å²) in [6.45, 7) is 1.73. The minimum absolute atomic E-state index is 0.139. The fourth-order valence-electron chi connectivity index (χ4n) is 1.96. The number of benzene rings is 1. The average Bonchev–Trinajstić information content (AvgIpc) is 2.64. The number of aliphatic hydroxyl groups is 1. The Hall–Kier alpha value is -1.72. The summed E-state index contributed by atoms with van der Waals surface area (Å²) in [5, 5.41) is 11.7. The number of carbonyl (C=O) groups excluding carboxylic acids is 2. The third kappa shape index (κ3) is 2.42. The molecule has 0 aliphatic carbocycles. The van der Waals surface area contributed by atoms with E-state index in [-0.39, 0.29) is 18.4 Å². The summed E-state index contributed by atoms with van der Waals surface area (Å²) in [6, 6.07) is 6.86. The van der Waals surface area contributed by atoms with E-state index in [9.17, 15) is 9.59 Å². The highest BCUT2D eigenvalue weighted by molar-refractivity contribution is 6.21. The molecule has 1 aromatic rings. The maximum absolute atomic E-state index is 12.0. The zero-order valence-corrected chi connectivity index (χ0v) is 10.1. The van der Waals surface area contributed by atoms with Gasteiger partial charge in [-0.25, -0.2) is 0 Å². The number of hydrogen-bond acceptors (Lipinski definition) is 4. The van der Waals surface area contributed by atoms with Crippen LogP contribution in [0.1, 0.15) is 27.1 Å². The van der Waals surface area contributed by atoms with Gasteiger partial charge < -0.3 is 10.4 Å². The van der Waals surface area contributed by atoms with Crippen molar-refractivity contribution in [2.45, 2.75) is 6.42 Å². The predicted molar refractivity (Wildman–Crippen MR) is 66.4 cm³/mol. The minimum Gasteiger partial charge on any atom is -0.396 e. The largest absolute Gasteiger partial charge is 0.396 e. The molecule has 0 unspecified atom stereocenters. The molecule has 0 spiro atoms. The van der Waals surface area contributed by atoms with Crippen molar-refractivity contribution in [3.8, 4) is 0 Å². The minimum atomic E-state index is -0.223. The third-order valence-electron chi connectivity index (χ3n) is 2.90. The molecule has 2 amide bonds. The molecule has 1 aliphatic rings. The monoisotopic (exact) mass is 248 g/mol. The number of amides is 2. The van der Waals surface area contributed by atoms with E-state index in [0.29, 0.717) is 37.2 Å². The summed E-state index contributed by atoms with van der Waals surface area (Å²) in [7, 11) is 0. The van der Waals surface area contributed by atoms with Gasteiger partial charge in [-0.2, -0.15) is 0 Å². The zero-order chi connectivity index (χ0) is 13.0. The average molecular weight is 248 g/mol. The molecule has 18 heavy (non-hydrogen) atoms. The molecule has 96 valence electrons. The van der Waals surface area contributed by atoms with Gasteiger partial charge in [0.2, 0.25) is 0 Å². The molecule has 0 saturated heterocycles. The number of fused-ring (bicyclic) bond motifs is 1. The Morgan fingerprint density at radius 2 is 1.67 bits per heavy atom. The van der Waals surface area contributed by atoms with Crippen LogP contribution in [0.5, 0.6) is 0 Å². The second kappa shape index (κ2) is 5.75. The lowest BCUT2D eigenvalue weighted by Gasteiger charge is -2.13. The third-order valence-corrected chi connectivity index (χ3v) is 2.90. The highest BCUT2D eigenvalue weighted by Crippen LogP contribution is 2.21. The Kier molecular flexibility index (Phi) is 4.07. The molecule has 1 heterocycles. The van der Waals surface area contributed by atoms with Crippen LogP contribution < -0.4 is 5.32 Å². The number of nitrogens with one attached hydrogen (secondary N) is 1. The van der Waals surface area contributed by atoms with Crippen molar-refractivity contribution in [1.82, 2.24) is 10.2 Å². The maximum Gasteiger partial charge on any atom is 0.261 e. The van der Waals surface area contributed by atoms with Crippen molar-refractivity contribution in [3.05, 3.63) is 35.4 Å². The van der Waals surface area contributed by atoms with Crippen LogP contribution in [0.15, 0.2) is 24.3 Å². The van der Waals surface area contributed by atoms with Crippen LogP contribution in [0.4, 0.5) is 0 Å². The fourth-order valence-corrected chi connectivity index (χ4v) is 1.96. The number of rotatable bonds is 6. The van der Waals surface area contributed by atoms with E-state index in [1.54, 1.807) is 24.3 Å². The molecule has 0 radical (unpaired) electrons. The SMILES string of the molecule is O=C1c2ccccc2C(=O)N1CCNCCCO. The number of aliphatic hydroxyl groups excluding tert-OH is 1. The molecule has 1 aliphatic heterocycles. The van der Waals surface area contributed by atoms with Crippen LogP contribution in [-0.2, 0) is 0 Å². The molecule has 2 N–H and O–H groups in total. The summed E-state index contributed by atoms with van der Waals surface area (Å²) in [5.41, 5.74) is 0.968. The molecule has 0 bridgehead atoms.